The molecule has 0 aliphatic carbocycles. The van der Waals surface area contributed by atoms with Gasteiger partial charge < -0.3 is 25.1 Å². The number of guanidine groups is 1. The Morgan fingerprint density at radius 2 is 1.08 bits per heavy atom. The summed E-state index contributed by atoms with van der Waals surface area (Å²) in [4.78, 5) is 17.9. The van der Waals surface area contributed by atoms with Crippen LogP contribution in [0, 0.1) is 0 Å². The van der Waals surface area contributed by atoms with Gasteiger partial charge in [-0.15, -0.1) is 4.89 Å². The Bertz CT molecular complexity index is 331. The van der Waals surface area contributed by atoms with E-state index < -0.39 is 8.18 Å². The molecular weight excluding hydrogens is 329 g/mol. The van der Waals surface area contributed by atoms with Gasteiger partial charge in [-0.2, -0.15) is 0 Å². The van der Waals surface area contributed by atoms with Crippen molar-refractivity contribution in [1.82, 2.24) is 19.6 Å². The second-order valence-electron chi connectivity index (χ2n) is 5.23. The molecule has 2 rings (SSSR count). The van der Waals surface area contributed by atoms with Crippen LogP contribution in [-0.2, 0) is 4.57 Å². The summed E-state index contributed by atoms with van der Waals surface area (Å²) in [7, 11) is 1.70. The molecule has 9 heteroatoms. The van der Waals surface area contributed by atoms with Gasteiger partial charge in [-0.25, -0.2) is 0 Å². The number of hydrogen-bond donors (Lipinski definition) is 1. The van der Waals surface area contributed by atoms with E-state index in [-0.39, 0.29) is 5.48 Å². The fourth-order valence-electron chi connectivity index (χ4n) is 2.42. The lowest BCUT2D eigenvalue weighted by atomic mass is 10.3. The van der Waals surface area contributed by atoms with E-state index in [1.54, 1.807) is 0 Å². The van der Waals surface area contributed by atoms with Crippen molar-refractivity contribution in [2.45, 2.75) is 27.7 Å². The lowest BCUT2D eigenvalue weighted by Crippen LogP contribution is -2.56. The summed E-state index contributed by atoms with van der Waals surface area (Å²) in [6.07, 6.45) is 0. The van der Waals surface area contributed by atoms with Crippen LogP contribution in [-0.4, -0.2) is 102 Å². The third-order valence-electron chi connectivity index (χ3n) is 3.75. The molecule has 2 aliphatic heterocycles. The van der Waals surface area contributed by atoms with Crippen LogP contribution in [0.2, 0.25) is 0 Å². The Morgan fingerprint density at radius 3 is 1.33 bits per heavy atom. The maximum atomic E-state index is 11.1. The molecule has 0 saturated carbocycles. The first-order valence-corrected chi connectivity index (χ1v) is 9.84. The van der Waals surface area contributed by atoms with E-state index in [2.05, 4.69) is 38.5 Å². The molecule has 0 spiro atoms. The Morgan fingerprint density at radius 1 is 0.792 bits per heavy atom. The van der Waals surface area contributed by atoms with Crippen molar-refractivity contribution in [3.8, 4) is 0 Å². The standard InChI is InChI=1S/C11H22N5O2P.2C2H6.H2O/c1-13-3-7-15(8-4-13)11(12-19(17)18)16-9-5-14(2)6-10-16;2*1-2;/h3-10H2,1-2H3;2*1-2H3;1H2/p+1. The molecule has 2 fully saturated rings. The van der Waals surface area contributed by atoms with Crippen molar-refractivity contribution in [2.24, 2.45) is 4.76 Å². The Hall–Kier alpha value is -0.790. The third-order valence-corrected chi connectivity index (χ3v) is 4.10. The zero-order valence-corrected chi connectivity index (χ0v) is 17.1. The average molecular weight is 366 g/mol. The average Bonchev–Trinajstić information content (AvgIpc) is 2.58. The van der Waals surface area contributed by atoms with Gasteiger partial charge >= 0.3 is 8.18 Å². The second-order valence-corrected chi connectivity index (χ2v) is 5.94. The molecule has 1 unspecified atom stereocenters. The molecule has 1 atom stereocenters. The SMILES string of the molecule is CC.CC.CN1CCN(C(=N[P+](=O)O)N2CCN(C)CC2)CC1.O. The van der Waals surface area contributed by atoms with Crippen LogP contribution in [0.5, 0.6) is 0 Å². The molecule has 8 nitrogen and oxygen atoms in total. The molecule has 0 amide bonds. The maximum Gasteiger partial charge on any atom is 0.670 e. The Kier molecular flexibility index (Phi) is 15.4. The number of hydrogen-bond acceptors (Lipinski definition) is 3. The van der Waals surface area contributed by atoms with Crippen LogP contribution in [0.4, 0.5) is 0 Å². The second kappa shape index (κ2) is 14.5. The molecule has 2 aliphatic rings. The van der Waals surface area contributed by atoms with E-state index >= 15 is 0 Å². The predicted molar refractivity (Wildman–Crippen MR) is 102 cm³/mol. The normalized spacial score (nSPS) is 19.0. The number of piperazine rings is 2. The van der Waals surface area contributed by atoms with Crippen molar-refractivity contribution in [3.05, 3.63) is 0 Å². The van der Waals surface area contributed by atoms with Gasteiger partial charge in [-0.1, -0.05) is 27.7 Å². The van der Waals surface area contributed by atoms with Gasteiger partial charge in [-0.05, 0) is 14.1 Å². The molecule has 144 valence electrons. The first-order valence-electron chi connectivity index (χ1n) is 8.68. The number of rotatable bonds is 1. The van der Waals surface area contributed by atoms with Crippen molar-refractivity contribution in [2.75, 3.05) is 66.5 Å². The summed E-state index contributed by atoms with van der Waals surface area (Å²) in [5.74, 6) is 0.699. The first kappa shape index (κ1) is 25.5. The molecule has 0 aromatic rings. The van der Waals surface area contributed by atoms with Gasteiger partial charge in [0.15, 0.2) is 0 Å². The molecule has 0 radical (unpaired) electrons. The monoisotopic (exact) mass is 366 g/mol. The van der Waals surface area contributed by atoms with Crippen molar-refractivity contribution < 1.29 is 14.9 Å². The molecule has 3 N–H and O–H groups in total. The highest BCUT2D eigenvalue weighted by atomic mass is 31.1. The van der Waals surface area contributed by atoms with Gasteiger partial charge in [0.25, 0.3) is 5.96 Å². The van der Waals surface area contributed by atoms with E-state index in [1.807, 2.05) is 27.7 Å². The van der Waals surface area contributed by atoms with Gasteiger partial charge in [-0.3, -0.25) is 0 Å². The maximum absolute atomic E-state index is 11.1. The van der Waals surface area contributed by atoms with Gasteiger partial charge in [0.05, 0.1) is 0 Å². The lowest BCUT2D eigenvalue weighted by molar-refractivity contribution is 0.168. The summed E-state index contributed by atoms with van der Waals surface area (Å²) >= 11 is 0. The summed E-state index contributed by atoms with van der Waals surface area (Å²) in [6, 6.07) is 0. The molecule has 0 aromatic carbocycles. The zero-order valence-electron chi connectivity index (χ0n) is 16.2. The molecular formula is C15H37N5O3P+. The van der Waals surface area contributed by atoms with Crippen molar-refractivity contribution in [3.63, 3.8) is 0 Å². The molecule has 0 bridgehead atoms. The van der Waals surface area contributed by atoms with Crippen LogP contribution in [0.3, 0.4) is 0 Å². The highest BCUT2D eigenvalue weighted by Crippen LogP contribution is 2.19. The fraction of sp³-hybridized carbons (Fsp3) is 0.933. The summed E-state index contributed by atoms with van der Waals surface area (Å²) in [5, 5.41) is 0. The van der Waals surface area contributed by atoms with Gasteiger partial charge in [0, 0.05) is 61.7 Å². The molecule has 0 aromatic heterocycles. The minimum atomic E-state index is -2.48. The summed E-state index contributed by atoms with van der Waals surface area (Å²) in [6.45, 7) is 15.3. The fourth-order valence-corrected chi connectivity index (χ4v) is 2.82. The van der Waals surface area contributed by atoms with Crippen LogP contribution < -0.4 is 0 Å². The Labute approximate surface area is 148 Å². The van der Waals surface area contributed by atoms with E-state index in [0.717, 1.165) is 52.4 Å². The van der Waals surface area contributed by atoms with E-state index in [0.29, 0.717) is 5.96 Å². The molecule has 2 saturated heterocycles. The minimum absolute atomic E-state index is 0. The third kappa shape index (κ3) is 8.89. The number of nitrogens with zero attached hydrogens (tertiary/aromatic N) is 5. The quantitative estimate of drug-likeness (QED) is 0.417. The summed E-state index contributed by atoms with van der Waals surface area (Å²) < 4.78 is 15.1. The zero-order chi connectivity index (χ0) is 17.8. The van der Waals surface area contributed by atoms with Crippen molar-refractivity contribution in [1.29, 1.82) is 0 Å². The van der Waals surface area contributed by atoms with E-state index in [1.165, 1.54) is 0 Å². The first-order chi connectivity index (χ1) is 11.1. The van der Waals surface area contributed by atoms with Gasteiger partial charge in [0.1, 0.15) is 0 Å². The predicted octanol–water partition coefficient (Wildman–Crippen LogP) is 0.715. The lowest BCUT2D eigenvalue weighted by Gasteiger charge is -2.40. The smallest absolute Gasteiger partial charge is 0.412 e. The van der Waals surface area contributed by atoms with Gasteiger partial charge in [0.2, 0.25) is 0 Å². The highest BCUT2D eigenvalue weighted by Gasteiger charge is 2.28. The van der Waals surface area contributed by atoms with Crippen LogP contribution in [0.15, 0.2) is 4.76 Å². The topological polar surface area (TPSA) is 94.1 Å². The molecule has 2 heterocycles. The largest absolute Gasteiger partial charge is 0.670 e. The van der Waals surface area contributed by atoms with Crippen LogP contribution in [0.1, 0.15) is 27.7 Å². The van der Waals surface area contributed by atoms with E-state index in [4.69, 9.17) is 4.89 Å². The minimum Gasteiger partial charge on any atom is -0.412 e. The van der Waals surface area contributed by atoms with E-state index in [9.17, 15) is 4.57 Å². The number of likely N-dealkylation sites (N-methyl/N-ethyl adjacent to an activating group) is 2. The highest BCUT2D eigenvalue weighted by molar-refractivity contribution is 7.36. The Balaban J connectivity index is 0. The van der Waals surface area contributed by atoms with Crippen molar-refractivity contribution >= 4 is 14.1 Å². The van der Waals surface area contributed by atoms with Crippen LogP contribution >= 0.6 is 8.18 Å². The van der Waals surface area contributed by atoms with Crippen LogP contribution in [0.25, 0.3) is 0 Å². The molecule has 24 heavy (non-hydrogen) atoms. The summed E-state index contributed by atoms with van der Waals surface area (Å²) in [5.41, 5.74) is 0.